The number of benzene rings is 1. The first-order valence-corrected chi connectivity index (χ1v) is 15.5. The van der Waals surface area contributed by atoms with E-state index >= 15 is 0 Å². The molecule has 4 atom stereocenters. The Hall–Kier alpha value is -6.41. The normalized spacial score (nSPS) is 15.2. The lowest BCUT2D eigenvalue weighted by Gasteiger charge is -2.35. The van der Waals surface area contributed by atoms with Gasteiger partial charge in [0.2, 0.25) is 17.8 Å². The summed E-state index contributed by atoms with van der Waals surface area (Å²) in [5.74, 6) is -9.23. The van der Waals surface area contributed by atoms with Gasteiger partial charge in [-0.2, -0.15) is 4.98 Å². The van der Waals surface area contributed by atoms with Crippen LogP contribution in [0.15, 0.2) is 29.1 Å². The standard InChI is InChI=1S/C30H39N9O12/c1-39-16(13-33-24-23(39)26(45)38-30(31)37-24)12-32-15-4-2-14(3-5-15)25(44)36-19(29(50)51)7-10-21(41)34-17(27(46)47)6-9-20(40)35-18(28(48)49)8-11-22(42)43/h2-5,16-19,32H,6-13H2,1H3,(H,34,41)(H,35,40)(H,36,44)(H,42,43)(H,46,47)(H,48,49)(H,50,51)(H4,31,33,37,38,45)/p-4/t16-,17-,18-,19-/m0/s1. The maximum absolute atomic E-state index is 12.8. The SMILES string of the molecule is CN1c2c(nc(N)[nH]c2=O)NC[C@@H]1CNc1ccc(C(=O)N[C@@H](CCC(=O)N[C@@H](CCC(=O)N[C@@H](CCC(=O)[O-])C(=O)[O-])C(=O)[O-])C(=O)[O-])cc1. The van der Waals surface area contributed by atoms with Gasteiger partial charge in [0.05, 0.1) is 42.1 Å². The average molecular weight is 714 g/mol. The maximum Gasteiger partial charge on any atom is 0.278 e. The molecular formula is C30H35N9O12-4. The van der Waals surface area contributed by atoms with Crippen LogP contribution >= 0.6 is 0 Å². The molecule has 0 spiro atoms. The van der Waals surface area contributed by atoms with Gasteiger partial charge in [-0.3, -0.25) is 24.2 Å². The second kappa shape index (κ2) is 17.8. The number of rotatable bonds is 19. The van der Waals surface area contributed by atoms with Gasteiger partial charge in [-0.1, -0.05) is 0 Å². The fourth-order valence-corrected chi connectivity index (χ4v) is 4.99. The molecule has 21 nitrogen and oxygen atoms in total. The van der Waals surface area contributed by atoms with Crippen LogP contribution in [0.2, 0.25) is 0 Å². The van der Waals surface area contributed by atoms with E-state index in [1.807, 2.05) is 5.32 Å². The summed E-state index contributed by atoms with van der Waals surface area (Å²) in [5.41, 5.74) is 6.21. The lowest BCUT2D eigenvalue weighted by atomic mass is 10.1. The highest BCUT2D eigenvalue weighted by molar-refractivity contribution is 5.97. The zero-order valence-electron chi connectivity index (χ0n) is 27.1. The molecule has 1 aromatic carbocycles. The Morgan fingerprint density at radius 1 is 0.843 bits per heavy atom. The molecule has 2 aromatic rings. The molecular weight excluding hydrogens is 678 g/mol. The highest BCUT2D eigenvalue weighted by atomic mass is 16.4. The number of hydrogen-bond acceptors (Lipinski definition) is 17. The molecule has 1 aliphatic heterocycles. The third-order valence-corrected chi connectivity index (χ3v) is 7.79. The summed E-state index contributed by atoms with van der Waals surface area (Å²) in [6.45, 7) is 0.832. The molecule has 0 fully saturated rings. The number of hydrogen-bond donors (Lipinski definition) is 7. The van der Waals surface area contributed by atoms with Gasteiger partial charge < -0.3 is 76.8 Å². The van der Waals surface area contributed by atoms with E-state index in [2.05, 4.69) is 31.2 Å². The van der Waals surface area contributed by atoms with Crippen molar-refractivity contribution in [3.8, 4) is 0 Å². The van der Waals surface area contributed by atoms with Gasteiger partial charge in [0, 0.05) is 50.2 Å². The van der Waals surface area contributed by atoms with E-state index in [1.54, 1.807) is 24.1 Å². The molecule has 3 rings (SSSR count). The van der Waals surface area contributed by atoms with Crippen LogP contribution in [0.5, 0.6) is 0 Å². The third-order valence-electron chi connectivity index (χ3n) is 7.79. The van der Waals surface area contributed by atoms with Crippen molar-refractivity contribution >= 4 is 64.7 Å². The third kappa shape index (κ3) is 11.6. The fourth-order valence-electron chi connectivity index (χ4n) is 4.99. The largest absolute Gasteiger partial charge is 0.550 e. The van der Waals surface area contributed by atoms with E-state index in [0.717, 1.165) is 0 Å². The zero-order valence-corrected chi connectivity index (χ0v) is 27.1. The summed E-state index contributed by atoms with van der Waals surface area (Å²) in [6, 6.07) is 0.749. The summed E-state index contributed by atoms with van der Waals surface area (Å²) >= 11 is 0. The minimum Gasteiger partial charge on any atom is -0.550 e. The highest BCUT2D eigenvalue weighted by Crippen LogP contribution is 2.25. The van der Waals surface area contributed by atoms with Crippen molar-refractivity contribution in [2.24, 2.45) is 0 Å². The molecule has 276 valence electrons. The fraction of sp³-hybridized carbons (Fsp3) is 0.433. The summed E-state index contributed by atoms with van der Waals surface area (Å²) in [7, 11) is 1.74. The Balaban J connectivity index is 1.48. The van der Waals surface area contributed by atoms with E-state index in [4.69, 9.17) is 5.73 Å². The minimum absolute atomic E-state index is 0.0125. The number of aliphatic carboxylic acids is 4. The number of nitrogens with zero attached hydrogens (tertiary/aromatic N) is 2. The van der Waals surface area contributed by atoms with Crippen molar-refractivity contribution in [2.75, 3.05) is 41.4 Å². The van der Waals surface area contributed by atoms with Crippen LogP contribution in [-0.4, -0.2) is 95.9 Å². The lowest BCUT2D eigenvalue weighted by molar-refractivity contribution is -0.311. The summed E-state index contributed by atoms with van der Waals surface area (Å²) in [6.07, 6.45) is -3.48. The number of nitrogens with two attached hydrogens (primary N) is 1. The number of amides is 3. The first-order chi connectivity index (χ1) is 24.0. The monoisotopic (exact) mass is 713 g/mol. The van der Waals surface area contributed by atoms with Crippen LogP contribution in [0.4, 0.5) is 23.1 Å². The number of carbonyl (C=O) groups is 7. The van der Waals surface area contributed by atoms with Crippen molar-refractivity contribution in [1.29, 1.82) is 0 Å². The van der Waals surface area contributed by atoms with Gasteiger partial charge in [-0.25, -0.2) is 0 Å². The topological polar surface area (TPSA) is 347 Å². The first kappa shape index (κ1) is 39.0. The Bertz CT molecular complexity index is 1700. The van der Waals surface area contributed by atoms with Crippen LogP contribution in [0.3, 0.4) is 0 Å². The molecule has 0 saturated heterocycles. The number of H-pyrrole nitrogens is 1. The summed E-state index contributed by atoms with van der Waals surface area (Å²) < 4.78 is 0. The van der Waals surface area contributed by atoms with Gasteiger partial charge in [-0.05, 0) is 49.9 Å². The smallest absolute Gasteiger partial charge is 0.278 e. The van der Waals surface area contributed by atoms with Crippen LogP contribution in [-0.2, 0) is 28.8 Å². The van der Waals surface area contributed by atoms with Crippen molar-refractivity contribution in [3.05, 3.63) is 40.2 Å². The van der Waals surface area contributed by atoms with Gasteiger partial charge in [0.25, 0.3) is 11.5 Å². The summed E-state index contributed by atoms with van der Waals surface area (Å²) in [5, 5.41) is 57.4. The number of carbonyl (C=O) groups excluding carboxylic acids is 7. The van der Waals surface area contributed by atoms with E-state index in [9.17, 15) is 58.8 Å². The van der Waals surface area contributed by atoms with Crippen molar-refractivity contribution in [3.63, 3.8) is 0 Å². The number of likely N-dealkylation sites (N-methyl/N-ethyl adjacent to an activating group) is 1. The second-order valence-electron chi connectivity index (χ2n) is 11.5. The van der Waals surface area contributed by atoms with Gasteiger partial charge in [0.1, 0.15) is 5.69 Å². The molecule has 3 amide bonds. The predicted molar refractivity (Wildman–Crippen MR) is 168 cm³/mol. The molecule has 1 aromatic heterocycles. The van der Waals surface area contributed by atoms with Crippen LogP contribution < -0.4 is 63.2 Å². The molecule has 0 saturated carbocycles. The van der Waals surface area contributed by atoms with E-state index < -0.39 is 104 Å². The van der Waals surface area contributed by atoms with Gasteiger partial charge >= 0.3 is 0 Å². The lowest BCUT2D eigenvalue weighted by Crippen LogP contribution is -2.51. The molecule has 0 aliphatic carbocycles. The molecule has 8 N–H and O–H groups in total. The van der Waals surface area contributed by atoms with Crippen LogP contribution in [0.1, 0.15) is 48.9 Å². The zero-order chi connectivity index (χ0) is 37.8. The average Bonchev–Trinajstić information content (AvgIpc) is 3.05. The first-order valence-electron chi connectivity index (χ1n) is 15.5. The number of anilines is 4. The molecule has 0 radical (unpaired) electrons. The number of carboxylic acid groups (broad SMARTS) is 4. The number of carboxylic acids is 4. The van der Waals surface area contributed by atoms with E-state index in [0.29, 0.717) is 30.3 Å². The molecule has 1 aliphatic rings. The van der Waals surface area contributed by atoms with Crippen LogP contribution in [0.25, 0.3) is 0 Å². The minimum atomic E-state index is -1.79. The van der Waals surface area contributed by atoms with Crippen molar-refractivity contribution < 1.29 is 54.0 Å². The molecule has 2 heterocycles. The van der Waals surface area contributed by atoms with Crippen molar-refractivity contribution in [2.45, 2.75) is 62.7 Å². The quantitative estimate of drug-likeness (QED) is 0.0711. The molecule has 51 heavy (non-hydrogen) atoms. The number of aromatic amines is 1. The van der Waals surface area contributed by atoms with Crippen LogP contribution in [0, 0.1) is 0 Å². The predicted octanol–water partition coefficient (Wildman–Crippen LogP) is -6.90. The number of aromatic nitrogens is 2. The Morgan fingerprint density at radius 2 is 1.35 bits per heavy atom. The molecule has 0 unspecified atom stereocenters. The Kier molecular flexibility index (Phi) is 13.6. The number of fused-ring (bicyclic) bond motifs is 1. The van der Waals surface area contributed by atoms with E-state index in [-0.39, 0.29) is 17.6 Å². The van der Waals surface area contributed by atoms with Gasteiger partial charge in [0.15, 0.2) is 5.82 Å². The van der Waals surface area contributed by atoms with E-state index in [1.165, 1.54) is 12.1 Å². The molecule has 21 heteroatoms. The Labute approximate surface area is 289 Å². The number of nitrogen functional groups attached to an aromatic ring is 1. The van der Waals surface area contributed by atoms with Crippen molar-refractivity contribution in [1.82, 2.24) is 25.9 Å². The summed E-state index contributed by atoms with van der Waals surface area (Å²) in [4.78, 5) is 103. The Morgan fingerprint density at radius 3 is 1.86 bits per heavy atom. The number of nitrogens with one attached hydrogen (secondary N) is 6. The van der Waals surface area contributed by atoms with Gasteiger partial charge in [-0.15, -0.1) is 0 Å². The maximum atomic E-state index is 12.8. The second-order valence-corrected chi connectivity index (χ2v) is 11.5. The highest BCUT2D eigenvalue weighted by Gasteiger charge is 2.27. The molecule has 0 bridgehead atoms.